The van der Waals surface area contributed by atoms with Crippen molar-refractivity contribution in [3.63, 3.8) is 0 Å². The average Bonchev–Trinajstić information content (AvgIpc) is 3.20. The van der Waals surface area contributed by atoms with Gasteiger partial charge in [-0.15, -0.1) is 0 Å². The molecule has 1 unspecified atom stereocenters. The number of rotatable bonds is 6. The number of nitrogens with zero attached hydrogens (tertiary/aromatic N) is 2. The maximum atomic E-state index is 5.31. The van der Waals surface area contributed by atoms with Crippen LogP contribution in [-0.2, 0) is 6.42 Å². The van der Waals surface area contributed by atoms with Crippen molar-refractivity contribution in [2.24, 2.45) is 0 Å². The van der Waals surface area contributed by atoms with Gasteiger partial charge in [-0.3, -0.25) is 0 Å². The minimum atomic E-state index is 0.455. The number of methoxy groups -OCH3 is 1. The third kappa shape index (κ3) is 2.52. The fraction of sp³-hybridized carbons (Fsp3) is 0.562. The normalized spacial score (nSPS) is 16.6. The molecule has 108 valence electrons. The van der Waals surface area contributed by atoms with Crippen LogP contribution in [0.5, 0.6) is 5.75 Å². The topological polar surface area (TPSA) is 39.1 Å². The van der Waals surface area contributed by atoms with Gasteiger partial charge in [0, 0.05) is 24.6 Å². The molecule has 1 aliphatic carbocycles. The summed E-state index contributed by atoms with van der Waals surface area (Å²) < 4.78 is 7.74. The van der Waals surface area contributed by atoms with E-state index in [2.05, 4.69) is 29.8 Å². The molecule has 1 aromatic heterocycles. The lowest BCUT2D eigenvalue weighted by Crippen LogP contribution is -2.28. The smallest absolute Gasteiger partial charge is 0.121 e. The van der Waals surface area contributed by atoms with Crippen molar-refractivity contribution in [2.75, 3.05) is 13.7 Å². The van der Waals surface area contributed by atoms with Gasteiger partial charge < -0.3 is 14.6 Å². The van der Waals surface area contributed by atoms with Gasteiger partial charge in [0.1, 0.15) is 11.6 Å². The number of imidazole rings is 1. The standard InChI is InChI=1S/C16H23N3O/c1-4-17-11(2)9-16-18-14-10-13(20-3)7-8-15(14)19(16)12-5-6-12/h7-8,10-12,17H,4-6,9H2,1-3H3. The number of nitrogens with one attached hydrogen (secondary N) is 1. The second-order valence-electron chi connectivity index (χ2n) is 5.65. The van der Waals surface area contributed by atoms with Crippen molar-refractivity contribution in [3.8, 4) is 5.75 Å². The van der Waals surface area contributed by atoms with Gasteiger partial charge in [-0.25, -0.2) is 4.98 Å². The molecule has 4 heteroatoms. The van der Waals surface area contributed by atoms with Crippen LogP contribution < -0.4 is 10.1 Å². The number of fused-ring (bicyclic) bond motifs is 1. The first-order valence-electron chi connectivity index (χ1n) is 7.51. The highest BCUT2D eigenvalue weighted by molar-refractivity contribution is 5.78. The molecule has 3 rings (SSSR count). The fourth-order valence-electron chi connectivity index (χ4n) is 2.83. The second kappa shape index (κ2) is 5.44. The maximum absolute atomic E-state index is 5.31. The molecule has 0 spiro atoms. The van der Waals surface area contributed by atoms with Gasteiger partial charge in [0.05, 0.1) is 18.1 Å². The Balaban J connectivity index is 1.99. The van der Waals surface area contributed by atoms with E-state index in [1.165, 1.54) is 24.2 Å². The van der Waals surface area contributed by atoms with Crippen LogP contribution in [-0.4, -0.2) is 29.2 Å². The molecule has 1 aromatic carbocycles. The molecule has 0 bridgehead atoms. The predicted molar refractivity (Wildman–Crippen MR) is 81.4 cm³/mol. The van der Waals surface area contributed by atoms with Gasteiger partial charge in [-0.2, -0.15) is 0 Å². The third-order valence-corrected chi connectivity index (χ3v) is 3.92. The summed E-state index contributed by atoms with van der Waals surface area (Å²) in [6.07, 6.45) is 3.53. The Labute approximate surface area is 120 Å². The zero-order chi connectivity index (χ0) is 14.1. The highest BCUT2D eigenvalue weighted by Gasteiger charge is 2.28. The SMILES string of the molecule is CCNC(C)Cc1nc2cc(OC)ccc2n1C1CC1. The van der Waals surface area contributed by atoms with Crippen molar-refractivity contribution in [1.29, 1.82) is 0 Å². The van der Waals surface area contributed by atoms with Crippen molar-refractivity contribution in [2.45, 2.75) is 45.2 Å². The van der Waals surface area contributed by atoms with E-state index in [-0.39, 0.29) is 0 Å². The van der Waals surface area contributed by atoms with Crippen molar-refractivity contribution in [3.05, 3.63) is 24.0 Å². The van der Waals surface area contributed by atoms with Crippen LogP contribution in [0.1, 0.15) is 38.6 Å². The Morgan fingerprint density at radius 3 is 2.90 bits per heavy atom. The highest BCUT2D eigenvalue weighted by atomic mass is 16.5. The molecule has 0 amide bonds. The number of hydrogen-bond donors (Lipinski definition) is 1. The Kier molecular flexibility index (Phi) is 3.66. The van der Waals surface area contributed by atoms with E-state index in [9.17, 15) is 0 Å². The van der Waals surface area contributed by atoms with E-state index in [0.29, 0.717) is 12.1 Å². The van der Waals surface area contributed by atoms with E-state index < -0.39 is 0 Å². The Morgan fingerprint density at radius 1 is 1.45 bits per heavy atom. The summed E-state index contributed by atoms with van der Waals surface area (Å²) in [5.41, 5.74) is 2.29. The van der Waals surface area contributed by atoms with Gasteiger partial charge >= 0.3 is 0 Å². The average molecular weight is 273 g/mol. The van der Waals surface area contributed by atoms with Crippen LogP contribution in [0.2, 0.25) is 0 Å². The first-order valence-corrected chi connectivity index (χ1v) is 7.51. The number of benzene rings is 1. The molecular formula is C16H23N3O. The van der Waals surface area contributed by atoms with Crippen LogP contribution in [0.4, 0.5) is 0 Å². The first-order chi connectivity index (χ1) is 9.72. The van der Waals surface area contributed by atoms with Crippen molar-refractivity contribution < 1.29 is 4.74 Å². The third-order valence-electron chi connectivity index (χ3n) is 3.92. The van der Waals surface area contributed by atoms with Crippen molar-refractivity contribution in [1.82, 2.24) is 14.9 Å². The maximum Gasteiger partial charge on any atom is 0.121 e. The summed E-state index contributed by atoms with van der Waals surface area (Å²) in [4.78, 5) is 4.85. The summed E-state index contributed by atoms with van der Waals surface area (Å²) in [5, 5.41) is 3.47. The Bertz CT molecular complexity index is 601. The molecule has 0 saturated heterocycles. The minimum absolute atomic E-state index is 0.455. The second-order valence-corrected chi connectivity index (χ2v) is 5.65. The van der Waals surface area contributed by atoms with E-state index >= 15 is 0 Å². The molecular weight excluding hydrogens is 250 g/mol. The first kappa shape index (κ1) is 13.4. The number of likely N-dealkylation sites (N-methyl/N-ethyl adjacent to an activating group) is 1. The molecule has 1 saturated carbocycles. The summed E-state index contributed by atoms with van der Waals surface area (Å²) in [5.74, 6) is 2.08. The van der Waals surface area contributed by atoms with E-state index in [1.54, 1.807) is 7.11 Å². The van der Waals surface area contributed by atoms with Crippen LogP contribution in [0.15, 0.2) is 18.2 Å². The molecule has 20 heavy (non-hydrogen) atoms. The number of ether oxygens (including phenoxy) is 1. The van der Waals surface area contributed by atoms with Gasteiger partial charge in [-0.1, -0.05) is 6.92 Å². The number of aromatic nitrogens is 2. The van der Waals surface area contributed by atoms with Crippen LogP contribution in [0.25, 0.3) is 11.0 Å². The van der Waals surface area contributed by atoms with Gasteiger partial charge in [0.2, 0.25) is 0 Å². The van der Waals surface area contributed by atoms with Gasteiger partial charge in [0.15, 0.2) is 0 Å². The van der Waals surface area contributed by atoms with Gasteiger partial charge in [0.25, 0.3) is 0 Å². The monoisotopic (exact) mass is 273 g/mol. The lowest BCUT2D eigenvalue weighted by atomic mass is 10.2. The Morgan fingerprint density at radius 2 is 2.25 bits per heavy atom. The van der Waals surface area contributed by atoms with Gasteiger partial charge in [-0.05, 0) is 38.4 Å². The molecule has 0 aliphatic heterocycles. The predicted octanol–water partition coefficient (Wildman–Crippen LogP) is 2.92. The summed E-state index contributed by atoms with van der Waals surface area (Å²) in [7, 11) is 1.70. The lowest BCUT2D eigenvalue weighted by Gasteiger charge is -2.13. The summed E-state index contributed by atoms with van der Waals surface area (Å²) in [6.45, 7) is 5.37. The molecule has 1 fully saturated rings. The lowest BCUT2D eigenvalue weighted by molar-refractivity contribution is 0.415. The number of hydrogen-bond acceptors (Lipinski definition) is 3. The fourth-order valence-corrected chi connectivity index (χ4v) is 2.83. The highest BCUT2D eigenvalue weighted by Crippen LogP contribution is 2.39. The van der Waals surface area contributed by atoms with Crippen LogP contribution >= 0.6 is 0 Å². The summed E-state index contributed by atoms with van der Waals surface area (Å²) in [6, 6.07) is 7.31. The molecule has 1 N–H and O–H groups in total. The minimum Gasteiger partial charge on any atom is -0.497 e. The van der Waals surface area contributed by atoms with Crippen molar-refractivity contribution >= 4 is 11.0 Å². The molecule has 1 aliphatic rings. The molecule has 1 atom stereocenters. The van der Waals surface area contributed by atoms with Crippen LogP contribution in [0.3, 0.4) is 0 Å². The Hall–Kier alpha value is -1.55. The zero-order valence-electron chi connectivity index (χ0n) is 12.5. The zero-order valence-corrected chi connectivity index (χ0v) is 12.5. The molecule has 0 radical (unpaired) electrons. The quantitative estimate of drug-likeness (QED) is 0.879. The van der Waals surface area contributed by atoms with E-state index in [1.807, 2.05) is 12.1 Å². The largest absolute Gasteiger partial charge is 0.497 e. The van der Waals surface area contributed by atoms with E-state index in [4.69, 9.17) is 9.72 Å². The van der Waals surface area contributed by atoms with Crippen LogP contribution in [0, 0.1) is 0 Å². The molecule has 4 nitrogen and oxygen atoms in total. The van der Waals surface area contributed by atoms with E-state index in [0.717, 1.165) is 24.2 Å². The molecule has 2 aromatic rings. The molecule has 1 heterocycles. The summed E-state index contributed by atoms with van der Waals surface area (Å²) >= 11 is 0.